The summed E-state index contributed by atoms with van der Waals surface area (Å²) >= 11 is 0. The second kappa shape index (κ2) is 8.10. The summed E-state index contributed by atoms with van der Waals surface area (Å²) in [4.78, 5) is 44.0. The molecule has 0 aliphatic carbocycles. The highest BCUT2D eigenvalue weighted by Crippen LogP contribution is 2.23. The zero-order valence-electron chi connectivity index (χ0n) is 16.9. The maximum absolute atomic E-state index is 13.2. The van der Waals surface area contributed by atoms with Gasteiger partial charge >= 0.3 is 5.97 Å². The van der Waals surface area contributed by atoms with E-state index in [2.05, 4.69) is 10.1 Å². The molecule has 4 rings (SSSR count). The third-order valence-corrected chi connectivity index (χ3v) is 5.35. The molecule has 9 nitrogen and oxygen atoms in total. The second-order valence-corrected chi connectivity index (χ2v) is 7.27. The fourth-order valence-electron chi connectivity index (χ4n) is 3.72. The average Bonchev–Trinajstić information content (AvgIpc) is 3.17. The molecule has 30 heavy (non-hydrogen) atoms. The summed E-state index contributed by atoms with van der Waals surface area (Å²) in [5, 5.41) is 4.48. The van der Waals surface area contributed by atoms with Crippen molar-refractivity contribution in [3.63, 3.8) is 0 Å². The SMILES string of the molecule is CCOC(=O)C1CCN(C(=O)c2nn(-c3ccccc3)c3c(=O)n(C)cnc23)CC1. The molecule has 1 fully saturated rings. The Morgan fingerprint density at radius 1 is 1.17 bits per heavy atom. The van der Waals surface area contributed by atoms with E-state index in [9.17, 15) is 14.4 Å². The maximum Gasteiger partial charge on any atom is 0.309 e. The van der Waals surface area contributed by atoms with Gasteiger partial charge in [-0.3, -0.25) is 14.4 Å². The van der Waals surface area contributed by atoms with Crippen molar-refractivity contribution in [2.24, 2.45) is 13.0 Å². The summed E-state index contributed by atoms with van der Waals surface area (Å²) in [7, 11) is 1.61. The van der Waals surface area contributed by atoms with E-state index in [0.717, 1.165) is 0 Å². The van der Waals surface area contributed by atoms with Gasteiger partial charge < -0.3 is 14.2 Å². The van der Waals surface area contributed by atoms with E-state index in [1.807, 2.05) is 30.3 Å². The third kappa shape index (κ3) is 3.47. The zero-order chi connectivity index (χ0) is 21.3. The minimum absolute atomic E-state index is 0.140. The quantitative estimate of drug-likeness (QED) is 0.606. The lowest BCUT2D eigenvalue weighted by Crippen LogP contribution is -2.41. The second-order valence-electron chi connectivity index (χ2n) is 7.27. The van der Waals surface area contributed by atoms with E-state index in [1.54, 1.807) is 18.9 Å². The number of piperidine rings is 1. The van der Waals surface area contributed by atoms with Crippen molar-refractivity contribution in [3.8, 4) is 5.69 Å². The summed E-state index contributed by atoms with van der Waals surface area (Å²) in [6.07, 6.45) is 2.47. The summed E-state index contributed by atoms with van der Waals surface area (Å²) in [5.74, 6) is -0.704. The standard InChI is InChI=1S/C21H23N5O4/c1-3-30-21(29)14-9-11-25(12-10-14)19(27)17-16-18(20(28)24(2)13-22-16)26(23-17)15-7-5-4-6-8-15/h4-8,13-14H,3,9-12H2,1-2H3. The van der Waals surface area contributed by atoms with Gasteiger partial charge in [0.25, 0.3) is 11.5 Å². The number of aryl methyl sites for hydroxylation is 1. The molecule has 1 aliphatic heterocycles. The first-order chi connectivity index (χ1) is 14.5. The first-order valence-electron chi connectivity index (χ1n) is 9.97. The molecule has 0 saturated carbocycles. The van der Waals surface area contributed by atoms with Crippen molar-refractivity contribution in [1.82, 2.24) is 24.2 Å². The number of rotatable bonds is 4. The predicted octanol–water partition coefficient (Wildman–Crippen LogP) is 1.53. The van der Waals surface area contributed by atoms with E-state index in [-0.39, 0.29) is 40.1 Å². The molecule has 2 aromatic heterocycles. The number of amides is 1. The zero-order valence-corrected chi connectivity index (χ0v) is 16.9. The van der Waals surface area contributed by atoms with Crippen LogP contribution in [0.25, 0.3) is 16.7 Å². The normalized spacial score (nSPS) is 14.8. The number of hydrogen-bond donors (Lipinski definition) is 0. The fraction of sp³-hybridized carbons (Fsp3) is 0.381. The number of esters is 1. The molecule has 1 aromatic carbocycles. The van der Waals surface area contributed by atoms with E-state index in [4.69, 9.17) is 4.74 Å². The van der Waals surface area contributed by atoms with Gasteiger partial charge in [-0.2, -0.15) is 5.10 Å². The van der Waals surface area contributed by atoms with Crippen LogP contribution in [0.3, 0.4) is 0 Å². The van der Waals surface area contributed by atoms with Crippen molar-refractivity contribution < 1.29 is 14.3 Å². The van der Waals surface area contributed by atoms with Crippen LogP contribution in [-0.4, -0.2) is 55.8 Å². The van der Waals surface area contributed by atoms with Crippen LogP contribution in [0.15, 0.2) is 41.5 Å². The Morgan fingerprint density at radius 3 is 2.53 bits per heavy atom. The Morgan fingerprint density at radius 2 is 1.87 bits per heavy atom. The van der Waals surface area contributed by atoms with Gasteiger partial charge in [0, 0.05) is 20.1 Å². The lowest BCUT2D eigenvalue weighted by Gasteiger charge is -2.30. The number of aromatic nitrogens is 4. The Kier molecular flexibility index (Phi) is 5.35. The van der Waals surface area contributed by atoms with Crippen molar-refractivity contribution in [3.05, 3.63) is 52.7 Å². The minimum Gasteiger partial charge on any atom is -0.466 e. The van der Waals surface area contributed by atoms with Crippen LogP contribution in [0, 0.1) is 5.92 Å². The van der Waals surface area contributed by atoms with Gasteiger partial charge in [-0.25, -0.2) is 9.67 Å². The van der Waals surface area contributed by atoms with E-state index < -0.39 is 0 Å². The maximum atomic E-state index is 13.2. The molecule has 0 radical (unpaired) electrons. The van der Waals surface area contributed by atoms with E-state index in [1.165, 1.54) is 15.6 Å². The van der Waals surface area contributed by atoms with Gasteiger partial charge in [0.1, 0.15) is 5.52 Å². The molecule has 3 aromatic rings. The number of fused-ring (bicyclic) bond motifs is 1. The van der Waals surface area contributed by atoms with Crippen molar-refractivity contribution in [1.29, 1.82) is 0 Å². The number of carbonyl (C=O) groups is 2. The molecular weight excluding hydrogens is 386 g/mol. The molecule has 0 atom stereocenters. The molecule has 1 amide bonds. The van der Waals surface area contributed by atoms with Crippen LogP contribution in [0.5, 0.6) is 0 Å². The highest BCUT2D eigenvalue weighted by atomic mass is 16.5. The predicted molar refractivity (Wildman–Crippen MR) is 109 cm³/mol. The fourth-order valence-corrected chi connectivity index (χ4v) is 3.72. The molecule has 1 saturated heterocycles. The highest BCUT2D eigenvalue weighted by Gasteiger charge is 2.31. The molecule has 156 valence electrons. The first kappa shape index (κ1) is 19.8. The lowest BCUT2D eigenvalue weighted by atomic mass is 9.97. The monoisotopic (exact) mass is 409 g/mol. The van der Waals surface area contributed by atoms with Gasteiger partial charge in [-0.05, 0) is 31.9 Å². The molecule has 1 aliphatic rings. The summed E-state index contributed by atoms with van der Waals surface area (Å²) in [5.41, 5.74) is 1.07. The number of likely N-dealkylation sites (tertiary alicyclic amines) is 1. The highest BCUT2D eigenvalue weighted by molar-refractivity contribution is 6.03. The molecule has 0 spiro atoms. The Balaban J connectivity index is 1.68. The minimum atomic E-state index is -0.294. The summed E-state index contributed by atoms with van der Waals surface area (Å²) < 4.78 is 7.93. The Hall–Kier alpha value is -3.49. The Labute approximate surface area is 172 Å². The average molecular weight is 409 g/mol. The lowest BCUT2D eigenvalue weighted by molar-refractivity contribution is -0.149. The third-order valence-electron chi connectivity index (χ3n) is 5.35. The molecule has 3 heterocycles. The van der Waals surface area contributed by atoms with Gasteiger partial charge in [0.15, 0.2) is 11.2 Å². The first-order valence-corrected chi connectivity index (χ1v) is 9.97. The van der Waals surface area contributed by atoms with E-state index >= 15 is 0 Å². The number of carbonyl (C=O) groups excluding carboxylic acids is 2. The van der Waals surface area contributed by atoms with Crippen LogP contribution < -0.4 is 5.56 Å². The molecule has 0 N–H and O–H groups in total. The summed E-state index contributed by atoms with van der Waals surface area (Å²) in [6, 6.07) is 9.18. The van der Waals surface area contributed by atoms with Gasteiger partial charge in [0.05, 0.1) is 24.5 Å². The van der Waals surface area contributed by atoms with Gasteiger partial charge in [-0.15, -0.1) is 0 Å². The Bertz CT molecular complexity index is 1140. The van der Waals surface area contributed by atoms with Crippen molar-refractivity contribution >= 4 is 22.9 Å². The topological polar surface area (TPSA) is 99.3 Å². The molecule has 9 heteroatoms. The smallest absolute Gasteiger partial charge is 0.309 e. The number of para-hydroxylation sites is 1. The van der Waals surface area contributed by atoms with Crippen LogP contribution in [0.2, 0.25) is 0 Å². The van der Waals surface area contributed by atoms with Crippen LogP contribution >= 0.6 is 0 Å². The van der Waals surface area contributed by atoms with Crippen LogP contribution in [-0.2, 0) is 16.6 Å². The molecular formula is C21H23N5O4. The number of benzene rings is 1. The van der Waals surface area contributed by atoms with E-state index in [0.29, 0.717) is 38.2 Å². The van der Waals surface area contributed by atoms with Gasteiger partial charge in [0.2, 0.25) is 0 Å². The number of nitrogens with zero attached hydrogens (tertiary/aromatic N) is 5. The van der Waals surface area contributed by atoms with Crippen molar-refractivity contribution in [2.75, 3.05) is 19.7 Å². The van der Waals surface area contributed by atoms with Crippen LogP contribution in [0.1, 0.15) is 30.3 Å². The summed E-state index contributed by atoms with van der Waals surface area (Å²) in [6.45, 7) is 2.98. The van der Waals surface area contributed by atoms with Crippen LogP contribution in [0.4, 0.5) is 0 Å². The number of hydrogen-bond acceptors (Lipinski definition) is 6. The largest absolute Gasteiger partial charge is 0.466 e. The van der Waals surface area contributed by atoms with Gasteiger partial charge in [-0.1, -0.05) is 18.2 Å². The molecule has 0 bridgehead atoms. The number of ether oxygens (including phenoxy) is 1. The molecule has 0 unspecified atom stereocenters. The van der Waals surface area contributed by atoms with Crippen molar-refractivity contribution in [2.45, 2.75) is 19.8 Å².